The smallest absolute Gasteiger partial charge is 0.230 e. The van der Waals surface area contributed by atoms with Gasteiger partial charge in [-0.15, -0.1) is 11.3 Å². The Morgan fingerprint density at radius 1 is 1.32 bits per heavy atom. The van der Waals surface area contributed by atoms with E-state index in [2.05, 4.69) is 20.9 Å². The van der Waals surface area contributed by atoms with Gasteiger partial charge >= 0.3 is 0 Å². The number of halogens is 3. The number of rotatable bonds is 5. The van der Waals surface area contributed by atoms with Crippen LogP contribution in [-0.2, 0) is 11.4 Å². The van der Waals surface area contributed by atoms with Gasteiger partial charge in [-0.05, 0) is 65.2 Å². The van der Waals surface area contributed by atoms with Gasteiger partial charge in [0.15, 0.2) is 5.13 Å². The molecule has 0 aliphatic carbocycles. The first kappa shape index (κ1) is 20.8. The van der Waals surface area contributed by atoms with Crippen LogP contribution < -0.4 is 9.64 Å². The van der Waals surface area contributed by atoms with Crippen molar-refractivity contribution in [3.05, 3.63) is 67.8 Å². The van der Waals surface area contributed by atoms with Gasteiger partial charge in [-0.1, -0.05) is 17.7 Å². The lowest BCUT2D eigenvalue weighted by Crippen LogP contribution is -2.24. The molecule has 2 aromatic carbocycles. The van der Waals surface area contributed by atoms with Crippen LogP contribution in [0.1, 0.15) is 23.7 Å². The Labute approximate surface area is 180 Å². The molecule has 0 bridgehead atoms. The summed E-state index contributed by atoms with van der Waals surface area (Å²) in [6, 6.07) is 8.00. The Kier molecular flexibility index (Phi) is 6.37. The molecule has 1 amide bonds. The topological polar surface area (TPSA) is 42.4 Å². The van der Waals surface area contributed by atoms with Crippen LogP contribution in [0.15, 0.2) is 40.2 Å². The zero-order valence-electron chi connectivity index (χ0n) is 15.4. The fraction of sp³-hybridized carbons (Fsp3) is 0.200. The molecule has 4 nitrogen and oxygen atoms in total. The molecule has 0 radical (unpaired) electrons. The number of nitrogens with zero attached hydrogens (tertiary/aromatic N) is 2. The molecule has 0 aliphatic heterocycles. The molecular formula is C20H17BrClFN2O2S. The molecule has 0 aliphatic rings. The average molecular weight is 484 g/mol. The van der Waals surface area contributed by atoms with E-state index < -0.39 is 0 Å². The first-order chi connectivity index (χ1) is 13.3. The molecule has 0 unspecified atom stereocenters. The molecule has 0 fully saturated rings. The third-order valence-corrected chi connectivity index (χ3v) is 5.72. The number of thiazole rings is 1. The molecular weight excluding hydrogens is 467 g/mol. The minimum atomic E-state index is -0.349. The minimum absolute atomic E-state index is 0.183. The van der Waals surface area contributed by atoms with Crippen LogP contribution >= 0.6 is 38.9 Å². The van der Waals surface area contributed by atoms with E-state index in [-0.39, 0.29) is 18.3 Å². The highest BCUT2D eigenvalue weighted by Gasteiger charge is 2.22. The van der Waals surface area contributed by atoms with Gasteiger partial charge in [-0.25, -0.2) is 9.37 Å². The number of anilines is 2. The van der Waals surface area contributed by atoms with E-state index in [0.29, 0.717) is 31.8 Å². The summed E-state index contributed by atoms with van der Waals surface area (Å²) in [4.78, 5) is 18.4. The molecule has 1 heterocycles. The van der Waals surface area contributed by atoms with Crippen molar-refractivity contribution >= 4 is 55.6 Å². The lowest BCUT2D eigenvalue weighted by atomic mass is 10.1. The molecule has 146 valence electrons. The van der Waals surface area contributed by atoms with Crippen LogP contribution in [0, 0.1) is 19.7 Å². The first-order valence-corrected chi connectivity index (χ1v) is 10.4. The van der Waals surface area contributed by atoms with E-state index in [1.54, 1.807) is 6.07 Å². The second kappa shape index (κ2) is 8.59. The molecule has 8 heteroatoms. The fourth-order valence-electron chi connectivity index (χ4n) is 2.79. The van der Waals surface area contributed by atoms with Gasteiger partial charge in [0, 0.05) is 12.3 Å². The maximum Gasteiger partial charge on any atom is 0.230 e. The highest BCUT2D eigenvalue weighted by atomic mass is 79.9. The van der Waals surface area contributed by atoms with Gasteiger partial charge in [0.1, 0.15) is 18.2 Å². The van der Waals surface area contributed by atoms with Crippen LogP contribution in [-0.4, -0.2) is 10.9 Å². The molecule has 1 aromatic heterocycles. The number of aromatic nitrogens is 1. The Morgan fingerprint density at radius 3 is 2.71 bits per heavy atom. The first-order valence-electron chi connectivity index (χ1n) is 8.36. The number of aryl methyl sites for hydroxylation is 2. The summed E-state index contributed by atoms with van der Waals surface area (Å²) in [5.74, 6) is -0.0219. The maximum atomic E-state index is 13.2. The van der Waals surface area contributed by atoms with E-state index in [4.69, 9.17) is 16.3 Å². The summed E-state index contributed by atoms with van der Waals surface area (Å²) in [6.45, 7) is 5.52. The Balaban J connectivity index is 1.85. The molecule has 0 atom stereocenters. The highest BCUT2D eigenvalue weighted by Crippen LogP contribution is 2.37. The van der Waals surface area contributed by atoms with E-state index in [9.17, 15) is 9.18 Å². The Hall–Kier alpha value is -1.96. The van der Waals surface area contributed by atoms with Crippen LogP contribution in [0.5, 0.6) is 5.75 Å². The number of hydrogen-bond donors (Lipinski definition) is 0. The third kappa shape index (κ3) is 4.54. The predicted molar refractivity (Wildman–Crippen MR) is 114 cm³/mol. The van der Waals surface area contributed by atoms with Gasteiger partial charge < -0.3 is 4.74 Å². The molecule has 0 spiro atoms. The Bertz CT molecular complexity index is 1020. The van der Waals surface area contributed by atoms with Gasteiger partial charge in [0.25, 0.3) is 0 Å². The summed E-state index contributed by atoms with van der Waals surface area (Å²) in [6.07, 6.45) is 0. The fourth-order valence-corrected chi connectivity index (χ4v) is 4.52. The van der Waals surface area contributed by atoms with Crippen molar-refractivity contribution in [1.29, 1.82) is 0 Å². The molecule has 28 heavy (non-hydrogen) atoms. The van der Waals surface area contributed by atoms with Crippen molar-refractivity contribution in [3.8, 4) is 5.75 Å². The zero-order chi connectivity index (χ0) is 20.4. The summed E-state index contributed by atoms with van der Waals surface area (Å²) < 4.78 is 19.4. The quantitative estimate of drug-likeness (QED) is 0.412. The molecule has 3 rings (SSSR count). The minimum Gasteiger partial charge on any atom is -0.486 e. The SMILES string of the molecule is CC(=O)N(c1nc(COc2ccc(F)cc2Br)cs1)c1c(C)cc(C)cc1Cl. The zero-order valence-corrected chi connectivity index (χ0v) is 18.6. The van der Waals surface area contributed by atoms with Crippen molar-refractivity contribution < 1.29 is 13.9 Å². The lowest BCUT2D eigenvalue weighted by molar-refractivity contribution is -0.115. The van der Waals surface area contributed by atoms with Crippen molar-refractivity contribution in [2.45, 2.75) is 27.4 Å². The lowest BCUT2D eigenvalue weighted by Gasteiger charge is -2.22. The van der Waals surface area contributed by atoms with Crippen molar-refractivity contribution in [2.24, 2.45) is 0 Å². The van der Waals surface area contributed by atoms with Crippen molar-refractivity contribution in [2.75, 3.05) is 4.90 Å². The Morgan fingerprint density at radius 2 is 2.07 bits per heavy atom. The number of benzene rings is 2. The molecule has 3 aromatic rings. The van der Waals surface area contributed by atoms with Gasteiger partial charge in [0.2, 0.25) is 5.91 Å². The standard InChI is InChI=1S/C20H17BrClFN2O2S/c1-11-6-12(2)19(17(22)7-11)25(13(3)26)20-24-15(10-28-20)9-27-18-5-4-14(23)8-16(18)21/h4-8,10H,9H2,1-3H3. The summed E-state index contributed by atoms with van der Waals surface area (Å²) in [5.41, 5.74) is 3.20. The summed E-state index contributed by atoms with van der Waals surface area (Å²) >= 11 is 11.0. The van der Waals surface area contributed by atoms with Gasteiger partial charge in [-0.2, -0.15) is 0 Å². The second-order valence-corrected chi connectivity index (χ2v) is 8.35. The maximum absolute atomic E-state index is 13.2. The van der Waals surface area contributed by atoms with E-state index >= 15 is 0 Å². The van der Waals surface area contributed by atoms with Crippen LogP contribution in [0.3, 0.4) is 0 Å². The van der Waals surface area contributed by atoms with Gasteiger partial charge in [-0.3, -0.25) is 9.69 Å². The number of ether oxygens (including phenoxy) is 1. The highest BCUT2D eigenvalue weighted by molar-refractivity contribution is 9.10. The van der Waals surface area contributed by atoms with Crippen molar-refractivity contribution in [1.82, 2.24) is 4.98 Å². The number of amides is 1. The van der Waals surface area contributed by atoms with Crippen molar-refractivity contribution in [3.63, 3.8) is 0 Å². The number of carbonyl (C=O) groups is 1. The molecule has 0 saturated heterocycles. The predicted octanol–water partition coefficient (Wildman–Crippen LogP) is 6.58. The average Bonchev–Trinajstić information content (AvgIpc) is 3.05. The van der Waals surface area contributed by atoms with Crippen LogP contribution in [0.25, 0.3) is 0 Å². The molecule has 0 N–H and O–H groups in total. The largest absolute Gasteiger partial charge is 0.486 e. The normalized spacial score (nSPS) is 10.8. The second-order valence-electron chi connectivity index (χ2n) is 6.25. The monoisotopic (exact) mass is 482 g/mol. The van der Waals surface area contributed by atoms with Crippen LogP contribution in [0.4, 0.5) is 15.2 Å². The van der Waals surface area contributed by atoms with E-state index in [0.717, 1.165) is 11.1 Å². The van der Waals surface area contributed by atoms with E-state index in [1.807, 2.05) is 31.4 Å². The van der Waals surface area contributed by atoms with Gasteiger partial charge in [0.05, 0.1) is 20.9 Å². The van der Waals surface area contributed by atoms with Crippen LogP contribution in [0.2, 0.25) is 5.02 Å². The summed E-state index contributed by atoms with van der Waals surface area (Å²) in [7, 11) is 0. The summed E-state index contributed by atoms with van der Waals surface area (Å²) in [5, 5.41) is 2.83. The third-order valence-electron chi connectivity index (χ3n) is 3.94. The van der Waals surface area contributed by atoms with E-state index in [1.165, 1.54) is 35.3 Å². The molecule has 0 saturated carbocycles. The number of hydrogen-bond acceptors (Lipinski definition) is 4. The number of carbonyl (C=O) groups excluding carboxylic acids is 1.